The van der Waals surface area contributed by atoms with Crippen molar-refractivity contribution < 1.29 is 42.5 Å². The Kier molecular flexibility index (Phi) is 10.5. The number of carboxylic acids is 2. The van der Waals surface area contributed by atoms with E-state index in [0.717, 1.165) is 57.3 Å². The molecule has 0 aromatic heterocycles. The lowest BCUT2D eigenvalue weighted by Gasteiger charge is -2.38. The Morgan fingerprint density at radius 1 is 1.02 bits per heavy atom. The van der Waals surface area contributed by atoms with Crippen molar-refractivity contribution in [3.8, 4) is 0 Å². The molecule has 0 bridgehead atoms. The van der Waals surface area contributed by atoms with Crippen LogP contribution >= 0.6 is 0 Å². The number of nitrogens with zero attached hydrogens (tertiary/aromatic N) is 3. The van der Waals surface area contributed by atoms with Gasteiger partial charge in [-0.2, -0.15) is 13.2 Å². The van der Waals surface area contributed by atoms with E-state index >= 15 is 0 Å². The van der Waals surface area contributed by atoms with Crippen molar-refractivity contribution in [2.75, 3.05) is 49.5 Å². The number of Topliss-reactive ketones (excluding diaryl/α,β-unsaturated/α-hetero) is 1. The maximum Gasteiger partial charge on any atom is 0.490 e. The third kappa shape index (κ3) is 8.97. The number of carbonyl (C=O) groups is 3. The molecule has 1 atom stereocenters. The van der Waals surface area contributed by atoms with Crippen LogP contribution in [0.3, 0.4) is 0 Å². The summed E-state index contributed by atoms with van der Waals surface area (Å²) < 4.78 is 37.5. The highest BCUT2D eigenvalue weighted by molar-refractivity contribution is 5.96. The van der Waals surface area contributed by atoms with Crippen molar-refractivity contribution in [3.05, 3.63) is 59.7 Å². The van der Waals surface area contributed by atoms with Gasteiger partial charge in [0.1, 0.15) is 0 Å². The molecule has 2 fully saturated rings. The highest BCUT2D eigenvalue weighted by Crippen LogP contribution is 2.20. The predicted octanol–water partition coefficient (Wildman–Crippen LogP) is 3.99. The molecule has 2 saturated heterocycles. The number of carboxylic acid groups (broad SMARTS) is 2. The molecule has 4 rings (SSSR count). The summed E-state index contributed by atoms with van der Waals surface area (Å²) in [6.07, 6.45) is -2.88. The summed E-state index contributed by atoms with van der Waals surface area (Å²) in [5, 5.41) is 19.8. The van der Waals surface area contributed by atoms with Crippen LogP contribution in [-0.4, -0.2) is 90.4 Å². The van der Waals surface area contributed by atoms with Gasteiger partial charge >= 0.3 is 18.1 Å². The van der Waals surface area contributed by atoms with Gasteiger partial charge < -0.3 is 30.1 Å². The van der Waals surface area contributed by atoms with Gasteiger partial charge in [-0.05, 0) is 62.2 Å². The van der Waals surface area contributed by atoms with Crippen LogP contribution in [0.1, 0.15) is 40.5 Å². The molecular formula is C27H31F3N4O6. The standard InChI is InChI=1S/C25H30N4O4.C2HF3O2/c1-18(30)19-7-9-22(10-8-19)28-11-13-29(14-12-28)25(26-17-23-6-3-15-33-23)27-21-5-2-4-20(16-21)24(31)32;3-2(4,5)1(6)7/h2,4-5,7-10,16,23H,3,6,11-15,17H2,1H3,(H,26,27)(H,31,32);(H,6,7). The Bertz CT molecular complexity index is 1210. The topological polar surface area (TPSA) is 132 Å². The molecule has 13 heteroatoms. The van der Waals surface area contributed by atoms with Crippen molar-refractivity contribution in [2.24, 2.45) is 4.99 Å². The number of aliphatic imine (C=N–C) groups is 1. The van der Waals surface area contributed by atoms with Gasteiger partial charge in [0.05, 0.1) is 18.2 Å². The molecule has 0 radical (unpaired) electrons. The molecule has 0 spiro atoms. The Morgan fingerprint density at radius 3 is 2.20 bits per heavy atom. The number of benzene rings is 2. The van der Waals surface area contributed by atoms with Gasteiger partial charge in [-0.15, -0.1) is 0 Å². The van der Waals surface area contributed by atoms with E-state index in [-0.39, 0.29) is 17.5 Å². The van der Waals surface area contributed by atoms with E-state index in [2.05, 4.69) is 15.1 Å². The van der Waals surface area contributed by atoms with Gasteiger partial charge in [0.2, 0.25) is 0 Å². The molecule has 216 valence electrons. The average Bonchev–Trinajstić information content (AvgIpc) is 3.45. The Balaban J connectivity index is 0.000000559. The number of ketones is 1. The number of halogens is 3. The summed E-state index contributed by atoms with van der Waals surface area (Å²) in [5.74, 6) is -2.91. The number of alkyl halides is 3. The van der Waals surface area contributed by atoms with Gasteiger partial charge in [-0.1, -0.05) is 6.07 Å². The minimum absolute atomic E-state index is 0.0662. The second-order valence-corrected chi connectivity index (χ2v) is 9.19. The summed E-state index contributed by atoms with van der Waals surface area (Å²) >= 11 is 0. The number of guanidine groups is 1. The molecule has 2 aromatic rings. The fraction of sp³-hybridized carbons (Fsp3) is 0.407. The number of ether oxygens (including phenoxy) is 1. The van der Waals surface area contributed by atoms with Crippen LogP contribution < -0.4 is 10.2 Å². The summed E-state index contributed by atoms with van der Waals surface area (Å²) in [6.45, 7) is 6.10. The fourth-order valence-electron chi connectivity index (χ4n) is 4.14. The molecule has 1 unspecified atom stereocenters. The molecule has 2 heterocycles. The highest BCUT2D eigenvalue weighted by atomic mass is 19.4. The van der Waals surface area contributed by atoms with Gasteiger partial charge in [0.15, 0.2) is 11.7 Å². The molecule has 40 heavy (non-hydrogen) atoms. The Hall–Kier alpha value is -4.13. The summed E-state index contributed by atoms with van der Waals surface area (Å²) in [5.41, 5.74) is 2.74. The number of hydrogen-bond donors (Lipinski definition) is 3. The van der Waals surface area contributed by atoms with Crippen LogP contribution in [-0.2, 0) is 9.53 Å². The Labute approximate surface area is 229 Å². The maximum atomic E-state index is 11.5. The number of nitrogens with one attached hydrogen (secondary N) is 1. The zero-order valence-corrected chi connectivity index (χ0v) is 21.9. The maximum absolute atomic E-state index is 11.5. The summed E-state index contributed by atoms with van der Waals surface area (Å²) in [7, 11) is 0. The molecule has 3 N–H and O–H groups in total. The van der Waals surface area contributed by atoms with Crippen molar-refractivity contribution in [1.29, 1.82) is 0 Å². The number of aromatic carboxylic acids is 1. The number of carbonyl (C=O) groups excluding carboxylic acids is 1. The minimum Gasteiger partial charge on any atom is -0.478 e. The van der Waals surface area contributed by atoms with E-state index in [1.54, 1.807) is 25.1 Å². The normalized spacial score (nSPS) is 17.6. The number of hydrogen-bond acceptors (Lipinski definition) is 6. The van der Waals surface area contributed by atoms with Crippen LogP contribution in [0.2, 0.25) is 0 Å². The van der Waals surface area contributed by atoms with E-state index in [1.165, 1.54) is 0 Å². The van der Waals surface area contributed by atoms with Gasteiger partial charge in [-0.25, -0.2) is 9.59 Å². The van der Waals surface area contributed by atoms with Crippen molar-refractivity contribution >= 4 is 35.1 Å². The first-order valence-electron chi connectivity index (χ1n) is 12.6. The molecular weight excluding hydrogens is 533 g/mol. The number of rotatable bonds is 6. The van der Waals surface area contributed by atoms with E-state index in [9.17, 15) is 27.9 Å². The van der Waals surface area contributed by atoms with Crippen molar-refractivity contribution in [1.82, 2.24) is 4.90 Å². The molecule has 2 aliphatic rings. The first-order chi connectivity index (χ1) is 18.9. The Morgan fingerprint density at radius 2 is 1.68 bits per heavy atom. The van der Waals surface area contributed by atoms with E-state index < -0.39 is 18.1 Å². The van der Waals surface area contributed by atoms with Crippen molar-refractivity contribution in [3.63, 3.8) is 0 Å². The highest BCUT2D eigenvalue weighted by Gasteiger charge is 2.38. The van der Waals surface area contributed by atoms with Crippen LogP contribution in [0.15, 0.2) is 53.5 Å². The van der Waals surface area contributed by atoms with Crippen LogP contribution in [0.4, 0.5) is 24.5 Å². The van der Waals surface area contributed by atoms with Crippen LogP contribution in [0, 0.1) is 0 Å². The second kappa shape index (κ2) is 13.8. The lowest BCUT2D eigenvalue weighted by Crippen LogP contribution is -2.51. The predicted molar refractivity (Wildman–Crippen MR) is 142 cm³/mol. The van der Waals surface area contributed by atoms with E-state index in [1.807, 2.05) is 30.3 Å². The molecule has 0 amide bonds. The quantitative estimate of drug-likeness (QED) is 0.271. The lowest BCUT2D eigenvalue weighted by molar-refractivity contribution is -0.192. The SMILES string of the molecule is CC(=O)c1ccc(N2CCN(C(=NCC3CCCO3)Nc3cccc(C(=O)O)c3)CC2)cc1.O=C(O)C(F)(F)F. The molecule has 10 nitrogen and oxygen atoms in total. The molecule has 2 aliphatic heterocycles. The van der Waals surface area contributed by atoms with Gasteiger partial charge in [0.25, 0.3) is 0 Å². The van der Waals surface area contributed by atoms with Crippen LogP contribution in [0.5, 0.6) is 0 Å². The summed E-state index contributed by atoms with van der Waals surface area (Å²) in [4.78, 5) is 41.1. The van der Waals surface area contributed by atoms with Gasteiger partial charge in [0, 0.05) is 49.7 Å². The zero-order chi connectivity index (χ0) is 29.3. The smallest absolute Gasteiger partial charge is 0.478 e. The molecule has 0 saturated carbocycles. The average molecular weight is 565 g/mol. The number of piperazine rings is 1. The van der Waals surface area contributed by atoms with E-state index in [4.69, 9.17) is 19.6 Å². The minimum atomic E-state index is -5.08. The largest absolute Gasteiger partial charge is 0.490 e. The van der Waals surface area contributed by atoms with Crippen molar-refractivity contribution in [2.45, 2.75) is 32.0 Å². The van der Waals surface area contributed by atoms with Gasteiger partial charge in [-0.3, -0.25) is 9.79 Å². The zero-order valence-electron chi connectivity index (χ0n) is 21.9. The van der Waals surface area contributed by atoms with Crippen LogP contribution in [0.25, 0.3) is 0 Å². The second-order valence-electron chi connectivity index (χ2n) is 9.19. The third-order valence-corrected chi connectivity index (χ3v) is 6.30. The van der Waals surface area contributed by atoms with E-state index in [0.29, 0.717) is 17.8 Å². The molecule has 0 aliphatic carbocycles. The fourth-order valence-corrected chi connectivity index (χ4v) is 4.14. The molecule has 2 aromatic carbocycles. The number of anilines is 2. The number of aliphatic carboxylic acids is 1. The summed E-state index contributed by atoms with van der Waals surface area (Å²) in [6, 6.07) is 14.5. The first kappa shape index (κ1) is 30.4. The third-order valence-electron chi connectivity index (χ3n) is 6.30. The lowest BCUT2D eigenvalue weighted by atomic mass is 10.1. The first-order valence-corrected chi connectivity index (χ1v) is 12.6. The monoisotopic (exact) mass is 564 g/mol.